The molecule has 0 radical (unpaired) electrons. The van der Waals surface area contributed by atoms with Gasteiger partial charge >= 0.3 is 0 Å². The Morgan fingerprint density at radius 1 is 1.09 bits per heavy atom. The third-order valence-corrected chi connectivity index (χ3v) is 7.11. The van der Waals surface area contributed by atoms with Gasteiger partial charge in [0.1, 0.15) is 0 Å². The molecule has 0 aliphatic carbocycles. The summed E-state index contributed by atoms with van der Waals surface area (Å²) in [4.78, 5) is 4.64. The largest absolute Gasteiger partial charge is 0.395 e. The van der Waals surface area contributed by atoms with Crippen LogP contribution in [0.2, 0.25) is 10.0 Å². The second-order valence-corrected chi connectivity index (χ2v) is 10.5. The van der Waals surface area contributed by atoms with E-state index in [0.29, 0.717) is 47.0 Å². The molecule has 1 aliphatic rings. The summed E-state index contributed by atoms with van der Waals surface area (Å²) in [5, 5.41) is 16.2. The molecule has 0 atom stereocenters. The molecule has 0 unspecified atom stereocenters. The number of aliphatic hydroxyl groups is 1. The fraction of sp³-hybridized carbons (Fsp3) is 0.273. The summed E-state index contributed by atoms with van der Waals surface area (Å²) >= 11 is 12.5. The first kappa shape index (κ1) is 23.5. The number of sulfone groups is 1. The van der Waals surface area contributed by atoms with Crippen LogP contribution in [-0.2, 0) is 9.84 Å². The summed E-state index contributed by atoms with van der Waals surface area (Å²) in [5.41, 5.74) is 5.31. The normalized spacial score (nSPS) is 15.6. The van der Waals surface area contributed by atoms with Crippen LogP contribution in [0.25, 0.3) is 17.1 Å². The van der Waals surface area contributed by atoms with E-state index in [1.807, 2.05) is 24.3 Å². The number of hydrazine groups is 1. The predicted octanol–water partition coefficient (Wildman–Crippen LogP) is 3.03. The fourth-order valence-corrected chi connectivity index (χ4v) is 4.95. The Morgan fingerprint density at radius 3 is 2.48 bits per heavy atom. The second kappa shape index (κ2) is 10.1. The zero-order chi connectivity index (χ0) is 23.4. The summed E-state index contributed by atoms with van der Waals surface area (Å²) in [6.07, 6.45) is 0.415. The maximum absolute atomic E-state index is 11.7. The highest BCUT2D eigenvalue weighted by Crippen LogP contribution is 2.29. The Labute approximate surface area is 202 Å². The first-order valence-corrected chi connectivity index (χ1v) is 12.8. The highest BCUT2D eigenvalue weighted by molar-refractivity contribution is 7.91. The summed E-state index contributed by atoms with van der Waals surface area (Å²) in [6.45, 7) is 0.707. The molecule has 1 fully saturated rings. The van der Waals surface area contributed by atoms with E-state index in [9.17, 15) is 8.42 Å². The molecule has 0 amide bonds. The average molecular weight is 506 g/mol. The predicted molar refractivity (Wildman–Crippen MR) is 129 cm³/mol. The molecular weight excluding hydrogens is 485 g/mol. The van der Waals surface area contributed by atoms with E-state index in [1.165, 1.54) is 0 Å². The molecule has 2 N–H and O–H groups in total. The number of aliphatic hydroxyl groups excluding tert-OH is 1. The quantitative estimate of drug-likeness (QED) is 0.513. The Bertz CT molecular complexity index is 1300. The number of aromatic nitrogens is 3. The molecule has 172 valence electrons. The summed E-state index contributed by atoms with van der Waals surface area (Å²) in [7, 11) is -3.00. The van der Waals surface area contributed by atoms with E-state index >= 15 is 0 Å². The van der Waals surface area contributed by atoms with Crippen molar-refractivity contribution in [1.29, 1.82) is 0 Å². The van der Waals surface area contributed by atoms with Crippen molar-refractivity contribution >= 4 is 39.0 Å². The van der Waals surface area contributed by atoms with Gasteiger partial charge in [-0.2, -0.15) is 4.98 Å². The van der Waals surface area contributed by atoms with Crippen LogP contribution in [0.4, 0.5) is 5.95 Å². The second-order valence-electron chi connectivity index (χ2n) is 7.37. The molecule has 1 aromatic heterocycles. The van der Waals surface area contributed by atoms with Gasteiger partial charge in [0.2, 0.25) is 0 Å². The lowest BCUT2D eigenvalue weighted by Crippen LogP contribution is -2.43. The molecule has 3 aromatic rings. The van der Waals surface area contributed by atoms with E-state index in [1.54, 1.807) is 27.9 Å². The number of hydrogen-bond donors (Lipinski definition) is 2. The van der Waals surface area contributed by atoms with Crippen molar-refractivity contribution in [3.8, 4) is 28.9 Å². The van der Waals surface area contributed by atoms with Gasteiger partial charge in [-0.15, -0.1) is 5.10 Å². The van der Waals surface area contributed by atoms with Crippen molar-refractivity contribution in [2.75, 3.05) is 36.6 Å². The van der Waals surface area contributed by atoms with E-state index in [-0.39, 0.29) is 18.1 Å². The summed E-state index contributed by atoms with van der Waals surface area (Å²) < 4.78 is 25.0. The van der Waals surface area contributed by atoms with Crippen molar-refractivity contribution in [3.05, 3.63) is 58.1 Å². The van der Waals surface area contributed by atoms with E-state index in [2.05, 4.69) is 27.3 Å². The molecule has 0 saturated carbocycles. The Kier molecular flexibility index (Phi) is 7.22. The monoisotopic (exact) mass is 505 g/mol. The number of benzene rings is 2. The minimum absolute atomic E-state index is 0.0226. The Morgan fingerprint density at radius 2 is 1.82 bits per heavy atom. The molecule has 0 spiro atoms. The number of anilines is 1. The van der Waals surface area contributed by atoms with Crippen LogP contribution in [-0.4, -0.2) is 64.5 Å². The number of nitrogens with one attached hydrogen (secondary N) is 1. The smallest absolute Gasteiger partial charge is 0.257 e. The van der Waals surface area contributed by atoms with Crippen molar-refractivity contribution in [3.63, 3.8) is 0 Å². The van der Waals surface area contributed by atoms with Gasteiger partial charge in [-0.25, -0.2) is 18.1 Å². The van der Waals surface area contributed by atoms with Crippen LogP contribution in [0, 0.1) is 11.8 Å². The van der Waals surface area contributed by atoms with Crippen molar-refractivity contribution in [2.45, 2.75) is 6.42 Å². The van der Waals surface area contributed by atoms with Crippen molar-refractivity contribution in [2.24, 2.45) is 0 Å². The van der Waals surface area contributed by atoms with Crippen LogP contribution in [0.5, 0.6) is 0 Å². The van der Waals surface area contributed by atoms with Crippen molar-refractivity contribution < 1.29 is 13.5 Å². The lowest BCUT2D eigenvalue weighted by molar-refractivity contribution is 0.305. The first-order valence-electron chi connectivity index (χ1n) is 10.2. The number of hydrogen-bond acceptors (Lipinski definition) is 7. The van der Waals surface area contributed by atoms with Crippen molar-refractivity contribution in [1.82, 2.24) is 19.8 Å². The van der Waals surface area contributed by atoms with Gasteiger partial charge in [0, 0.05) is 35.7 Å². The number of rotatable bonds is 5. The third kappa shape index (κ3) is 5.85. The Hall–Kier alpha value is -2.61. The number of nitrogens with zero attached hydrogens (tertiary/aromatic N) is 4. The van der Waals surface area contributed by atoms with E-state index in [0.717, 1.165) is 11.1 Å². The summed E-state index contributed by atoms with van der Waals surface area (Å²) in [5.74, 6) is 6.91. The molecule has 8 nitrogen and oxygen atoms in total. The molecule has 33 heavy (non-hydrogen) atoms. The van der Waals surface area contributed by atoms with Crippen LogP contribution in [0.1, 0.15) is 12.0 Å². The van der Waals surface area contributed by atoms with Crippen LogP contribution in [0.3, 0.4) is 0 Å². The molecule has 1 aliphatic heterocycles. The average Bonchev–Trinajstić information content (AvgIpc) is 3.19. The van der Waals surface area contributed by atoms with Crippen LogP contribution in [0.15, 0.2) is 42.5 Å². The molecule has 11 heteroatoms. The Balaban J connectivity index is 1.68. The maximum Gasteiger partial charge on any atom is 0.257 e. The van der Waals surface area contributed by atoms with Gasteiger partial charge in [0.25, 0.3) is 5.95 Å². The molecule has 2 heterocycles. The van der Waals surface area contributed by atoms with Crippen LogP contribution >= 0.6 is 23.2 Å². The van der Waals surface area contributed by atoms with Gasteiger partial charge < -0.3 is 5.11 Å². The van der Waals surface area contributed by atoms with Crippen LogP contribution < -0.4 is 5.43 Å². The van der Waals surface area contributed by atoms with Gasteiger partial charge in [-0.05, 0) is 42.5 Å². The molecule has 0 bridgehead atoms. The zero-order valence-electron chi connectivity index (χ0n) is 17.5. The fourth-order valence-electron chi connectivity index (χ4n) is 3.26. The SMILES string of the molecule is O=S1(=O)CCN(Nc2nc(-c3ccc(C#CCCO)cc3)n(-c3ccc(Cl)cc3Cl)n2)CC1. The zero-order valence-corrected chi connectivity index (χ0v) is 19.8. The topological polar surface area (TPSA) is 100 Å². The van der Waals surface area contributed by atoms with E-state index < -0.39 is 9.84 Å². The minimum atomic E-state index is -3.00. The standard InChI is InChI=1S/C22H21Cl2N5O3S/c23-18-8-9-20(19(24)15-18)29-21(17-6-4-16(5-7-17)3-1-2-12-30)25-22(27-29)26-28-10-13-33(31,32)14-11-28/h4-9,15,30H,2,10-14H2,(H,26,27). The van der Waals surface area contributed by atoms with Gasteiger partial charge in [-0.3, -0.25) is 5.43 Å². The molecule has 1 saturated heterocycles. The number of halogens is 2. The highest BCUT2D eigenvalue weighted by Gasteiger charge is 2.23. The molecule has 2 aromatic carbocycles. The first-order chi connectivity index (χ1) is 15.8. The maximum atomic E-state index is 11.7. The lowest BCUT2D eigenvalue weighted by Gasteiger charge is -2.26. The lowest BCUT2D eigenvalue weighted by atomic mass is 10.1. The van der Waals surface area contributed by atoms with Gasteiger partial charge in [0.05, 0.1) is 28.8 Å². The molecule has 4 rings (SSSR count). The van der Waals surface area contributed by atoms with Gasteiger partial charge in [-0.1, -0.05) is 35.0 Å². The van der Waals surface area contributed by atoms with E-state index in [4.69, 9.17) is 28.3 Å². The summed E-state index contributed by atoms with van der Waals surface area (Å²) in [6, 6.07) is 12.6. The minimum Gasteiger partial charge on any atom is -0.395 e. The highest BCUT2D eigenvalue weighted by atomic mass is 35.5. The third-order valence-electron chi connectivity index (χ3n) is 4.96. The molecular formula is C22H21Cl2N5O3S. The van der Waals surface area contributed by atoms with Gasteiger partial charge in [0.15, 0.2) is 15.7 Å².